The number of primary amides is 1. The maximum atomic E-state index is 12.4. The topological polar surface area (TPSA) is 104 Å². The van der Waals surface area contributed by atoms with E-state index in [1.165, 1.54) is 11.3 Å². The molecule has 2 aromatic rings. The number of fused-ring (bicyclic) bond motifs is 2. The summed E-state index contributed by atoms with van der Waals surface area (Å²) in [5.74, 6) is 0.168. The van der Waals surface area contributed by atoms with Gasteiger partial charge in [-0.2, -0.15) is 0 Å². The smallest absolute Gasteiger partial charge is 0.257 e. The van der Waals surface area contributed by atoms with E-state index in [0.29, 0.717) is 34.3 Å². The molecule has 24 heavy (non-hydrogen) atoms. The van der Waals surface area contributed by atoms with Gasteiger partial charge in [-0.3, -0.25) is 14.9 Å². The number of carbonyl (C=O) groups is 2. The fourth-order valence-electron chi connectivity index (χ4n) is 2.96. The zero-order chi connectivity index (χ0) is 16.7. The monoisotopic (exact) mass is 345 g/mol. The molecule has 0 spiro atoms. The molecule has 1 aromatic heterocycles. The second kappa shape index (κ2) is 5.79. The van der Waals surface area contributed by atoms with Gasteiger partial charge < -0.3 is 15.2 Å². The second-order valence-electron chi connectivity index (χ2n) is 5.70. The number of nitrogens with one attached hydrogen (secondary N) is 1. The number of thiazole rings is 1. The lowest BCUT2D eigenvalue weighted by atomic mass is 9.91. The summed E-state index contributed by atoms with van der Waals surface area (Å²) in [4.78, 5) is 29.4. The van der Waals surface area contributed by atoms with E-state index in [1.807, 2.05) is 0 Å². The number of amides is 2. The maximum Gasteiger partial charge on any atom is 0.257 e. The van der Waals surface area contributed by atoms with Crippen LogP contribution in [0, 0.1) is 0 Å². The van der Waals surface area contributed by atoms with Crippen molar-refractivity contribution in [1.29, 1.82) is 0 Å². The normalized spacial score (nSPS) is 18.1. The SMILES string of the molecule is NC(=O)C1CCCc2sc(NC(=O)c3ccc4c(c3)OCO4)nc21. The van der Waals surface area contributed by atoms with Crippen molar-refractivity contribution >= 4 is 28.3 Å². The van der Waals surface area contributed by atoms with E-state index in [9.17, 15) is 9.59 Å². The number of nitrogens with two attached hydrogens (primary N) is 1. The number of benzene rings is 1. The van der Waals surface area contributed by atoms with Gasteiger partial charge in [-0.25, -0.2) is 4.98 Å². The first-order valence-electron chi connectivity index (χ1n) is 7.62. The van der Waals surface area contributed by atoms with Gasteiger partial charge in [-0.1, -0.05) is 0 Å². The van der Waals surface area contributed by atoms with Crippen LogP contribution in [0.1, 0.15) is 39.7 Å². The lowest BCUT2D eigenvalue weighted by Gasteiger charge is -2.17. The molecule has 0 radical (unpaired) electrons. The van der Waals surface area contributed by atoms with Crippen molar-refractivity contribution in [3.8, 4) is 11.5 Å². The summed E-state index contributed by atoms with van der Waals surface area (Å²) in [6, 6.07) is 5.01. The first kappa shape index (κ1) is 14.9. The first-order valence-corrected chi connectivity index (χ1v) is 8.43. The predicted octanol–water partition coefficient (Wildman–Crippen LogP) is 2.03. The Morgan fingerprint density at radius 2 is 2.12 bits per heavy atom. The van der Waals surface area contributed by atoms with E-state index >= 15 is 0 Å². The second-order valence-corrected chi connectivity index (χ2v) is 6.78. The third-order valence-electron chi connectivity index (χ3n) is 4.15. The summed E-state index contributed by atoms with van der Waals surface area (Å²) in [6.45, 7) is 0.161. The molecule has 1 aromatic carbocycles. The Balaban J connectivity index is 1.55. The molecule has 1 unspecified atom stereocenters. The average molecular weight is 345 g/mol. The van der Waals surface area contributed by atoms with E-state index in [2.05, 4.69) is 10.3 Å². The van der Waals surface area contributed by atoms with Gasteiger partial charge >= 0.3 is 0 Å². The maximum absolute atomic E-state index is 12.4. The quantitative estimate of drug-likeness (QED) is 0.886. The molecular weight excluding hydrogens is 330 g/mol. The highest BCUT2D eigenvalue weighted by Gasteiger charge is 2.29. The molecule has 0 fully saturated rings. The van der Waals surface area contributed by atoms with Gasteiger partial charge in [0.1, 0.15) is 0 Å². The van der Waals surface area contributed by atoms with Crippen LogP contribution in [-0.4, -0.2) is 23.6 Å². The fraction of sp³-hybridized carbons (Fsp3) is 0.312. The molecule has 7 nitrogen and oxygen atoms in total. The van der Waals surface area contributed by atoms with Crippen LogP contribution in [0.5, 0.6) is 11.5 Å². The van der Waals surface area contributed by atoms with Gasteiger partial charge in [-0.05, 0) is 37.5 Å². The van der Waals surface area contributed by atoms with E-state index in [1.54, 1.807) is 18.2 Å². The number of aromatic nitrogens is 1. The molecule has 1 atom stereocenters. The molecule has 0 saturated heterocycles. The van der Waals surface area contributed by atoms with Crippen LogP contribution < -0.4 is 20.5 Å². The van der Waals surface area contributed by atoms with Crippen LogP contribution in [-0.2, 0) is 11.2 Å². The molecule has 2 heterocycles. The Morgan fingerprint density at radius 3 is 2.96 bits per heavy atom. The number of nitrogens with zero attached hydrogens (tertiary/aromatic N) is 1. The number of anilines is 1. The molecule has 8 heteroatoms. The van der Waals surface area contributed by atoms with Crippen LogP contribution in [0.4, 0.5) is 5.13 Å². The van der Waals surface area contributed by atoms with E-state index in [-0.39, 0.29) is 24.5 Å². The van der Waals surface area contributed by atoms with Crippen molar-refractivity contribution < 1.29 is 19.1 Å². The number of rotatable bonds is 3. The summed E-state index contributed by atoms with van der Waals surface area (Å²) in [7, 11) is 0. The van der Waals surface area contributed by atoms with E-state index in [0.717, 1.165) is 17.7 Å². The van der Waals surface area contributed by atoms with Gasteiger partial charge in [0, 0.05) is 10.4 Å². The largest absolute Gasteiger partial charge is 0.454 e. The third kappa shape index (κ3) is 2.58. The Hall–Kier alpha value is -2.61. The first-order chi connectivity index (χ1) is 11.6. The summed E-state index contributed by atoms with van der Waals surface area (Å²) < 4.78 is 10.5. The highest BCUT2D eigenvalue weighted by Crippen LogP contribution is 2.37. The highest BCUT2D eigenvalue weighted by molar-refractivity contribution is 7.15. The highest BCUT2D eigenvalue weighted by atomic mass is 32.1. The summed E-state index contributed by atoms with van der Waals surface area (Å²) >= 11 is 1.40. The van der Waals surface area contributed by atoms with Crippen molar-refractivity contribution in [2.45, 2.75) is 25.2 Å². The molecule has 1 aliphatic carbocycles. The number of carbonyl (C=O) groups excluding carboxylic acids is 2. The average Bonchev–Trinajstić information content (AvgIpc) is 3.19. The molecule has 2 amide bonds. The minimum Gasteiger partial charge on any atom is -0.454 e. The number of aryl methyl sites for hydroxylation is 1. The van der Waals surface area contributed by atoms with E-state index < -0.39 is 0 Å². The lowest BCUT2D eigenvalue weighted by Crippen LogP contribution is -2.24. The Bertz CT molecular complexity index is 833. The molecule has 3 N–H and O–H groups in total. The Kier molecular flexibility index (Phi) is 3.61. The fourth-order valence-corrected chi connectivity index (χ4v) is 4.02. The Morgan fingerprint density at radius 1 is 1.29 bits per heavy atom. The van der Waals surface area contributed by atoms with Crippen molar-refractivity contribution in [1.82, 2.24) is 4.98 Å². The molecule has 2 aliphatic rings. The molecule has 0 saturated carbocycles. The van der Waals surface area contributed by atoms with E-state index in [4.69, 9.17) is 15.2 Å². The minimum absolute atomic E-state index is 0.161. The molecule has 4 rings (SSSR count). The zero-order valence-electron chi connectivity index (χ0n) is 12.7. The molecule has 0 bridgehead atoms. The van der Waals surface area contributed by atoms with Gasteiger partial charge in [0.15, 0.2) is 16.6 Å². The lowest BCUT2D eigenvalue weighted by molar-refractivity contribution is -0.119. The summed E-state index contributed by atoms with van der Waals surface area (Å²) in [5, 5.41) is 3.27. The number of ether oxygens (including phenoxy) is 2. The molecular formula is C16H15N3O4S. The number of hydrogen-bond donors (Lipinski definition) is 2. The summed E-state index contributed by atoms with van der Waals surface area (Å²) in [5.41, 5.74) is 6.61. The van der Waals surface area contributed by atoms with Crippen LogP contribution in [0.25, 0.3) is 0 Å². The van der Waals surface area contributed by atoms with Crippen LogP contribution in [0.3, 0.4) is 0 Å². The van der Waals surface area contributed by atoms with Gasteiger partial charge in [0.2, 0.25) is 12.7 Å². The Labute approximate surface area is 141 Å². The standard InChI is InChI=1S/C16H15N3O4S/c17-14(20)9-2-1-3-12-13(9)18-16(24-12)19-15(21)8-4-5-10-11(6-8)23-7-22-10/h4-6,9H,1-3,7H2,(H2,17,20)(H,18,19,21). The molecule has 124 valence electrons. The van der Waals surface area contributed by atoms with Crippen molar-refractivity contribution in [3.05, 3.63) is 34.3 Å². The van der Waals surface area contributed by atoms with Gasteiger partial charge in [-0.15, -0.1) is 11.3 Å². The van der Waals surface area contributed by atoms with Crippen molar-refractivity contribution in [2.24, 2.45) is 5.73 Å². The zero-order valence-corrected chi connectivity index (χ0v) is 13.5. The van der Waals surface area contributed by atoms with Crippen molar-refractivity contribution in [3.63, 3.8) is 0 Å². The summed E-state index contributed by atoms with van der Waals surface area (Å²) in [6.07, 6.45) is 2.47. The number of hydrogen-bond acceptors (Lipinski definition) is 6. The van der Waals surface area contributed by atoms with Crippen LogP contribution in [0.15, 0.2) is 18.2 Å². The predicted molar refractivity (Wildman–Crippen MR) is 87.5 cm³/mol. The third-order valence-corrected chi connectivity index (χ3v) is 5.20. The van der Waals surface area contributed by atoms with Crippen LogP contribution in [0.2, 0.25) is 0 Å². The minimum atomic E-state index is -0.366. The van der Waals surface area contributed by atoms with Crippen LogP contribution >= 0.6 is 11.3 Å². The van der Waals surface area contributed by atoms with Gasteiger partial charge in [0.05, 0.1) is 11.6 Å². The molecule has 1 aliphatic heterocycles. The van der Waals surface area contributed by atoms with Gasteiger partial charge in [0.25, 0.3) is 5.91 Å². The van der Waals surface area contributed by atoms with Crippen molar-refractivity contribution in [2.75, 3.05) is 12.1 Å².